The number of aryl methyl sites for hydroxylation is 1. The van der Waals surface area contributed by atoms with E-state index in [9.17, 15) is 0 Å². The van der Waals surface area contributed by atoms with Crippen molar-refractivity contribution in [3.63, 3.8) is 0 Å². The van der Waals surface area contributed by atoms with Gasteiger partial charge < -0.3 is 14.9 Å². The molecule has 3 nitrogen and oxygen atoms in total. The van der Waals surface area contributed by atoms with Gasteiger partial charge in [0.2, 0.25) is 0 Å². The molecule has 3 rings (SSSR count). The maximum Gasteiger partial charge on any atom is 0.0664 e. The summed E-state index contributed by atoms with van der Waals surface area (Å²) in [5.74, 6) is 0. The van der Waals surface area contributed by atoms with Crippen LogP contribution in [0.3, 0.4) is 0 Å². The number of aromatic amines is 1. The fourth-order valence-corrected chi connectivity index (χ4v) is 2.55. The van der Waals surface area contributed by atoms with Gasteiger partial charge in [-0.05, 0) is 39.0 Å². The van der Waals surface area contributed by atoms with Gasteiger partial charge in [-0.2, -0.15) is 0 Å². The number of aromatic nitrogens is 2. The number of hydrogen-bond acceptors (Lipinski definition) is 1. The smallest absolute Gasteiger partial charge is 0.0664 e. The Labute approximate surface area is 119 Å². The summed E-state index contributed by atoms with van der Waals surface area (Å²) in [4.78, 5) is 3.48. The first-order valence-corrected chi connectivity index (χ1v) is 6.95. The van der Waals surface area contributed by atoms with E-state index in [2.05, 4.69) is 85.3 Å². The Kier molecular flexibility index (Phi) is 2.85. The molecule has 3 aromatic rings. The second-order valence-corrected chi connectivity index (χ2v) is 6.37. The summed E-state index contributed by atoms with van der Waals surface area (Å²) in [5.41, 5.74) is 4.73. The summed E-state index contributed by atoms with van der Waals surface area (Å²) in [6.45, 7) is 6.51. The number of nitrogens with zero attached hydrogens (tertiary/aromatic N) is 1. The molecule has 0 saturated heterocycles. The molecule has 2 aromatic heterocycles. The van der Waals surface area contributed by atoms with E-state index in [1.807, 2.05) is 0 Å². The van der Waals surface area contributed by atoms with E-state index in [4.69, 9.17) is 0 Å². The van der Waals surface area contributed by atoms with Crippen molar-refractivity contribution in [2.24, 2.45) is 7.05 Å². The van der Waals surface area contributed by atoms with E-state index in [0.717, 1.165) is 11.4 Å². The zero-order chi connectivity index (χ0) is 14.3. The van der Waals surface area contributed by atoms with Crippen LogP contribution in [0.15, 0.2) is 42.6 Å². The lowest BCUT2D eigenvalue weighted by Crippen LogP contribution is -2.25. The van der Waals surface area contributed by atoms with Gasteiger partial charge in [-0.3, -0.25) is 0 Å². The first kappa shape index (κ1) is 12.9. The van der Waals surface area contributed by atoms with Crippen molar-refractivity contribution in [2.75, 3.05) is 5.32 Å². The van der Waals surface area contributed by atoms with E-state index >= 15 is 0 Å². The van der Waals surface area contributed by atoms with Crippen LogP contribution in [0.4, 0.5) is 5.69 Å². The van der Waals surface area contributed by atoms with Gasteiger partial charge in [0, 0.05) is 29.7 Å². The summed E-state index contributed by atoms with van der Waals surface area (Å²) in [6, 6.07) is 12.8. The van der Waals surface area contributed by atoms with Crippen molar-refractivity contribution in [1.82, 2.24) is 9.55 Å². The Morgan fingerprint density at radius 2 is 1.85 bits per heavy atom. The highest BCUT2D eigenvalue weighted by molar-refractivity contribution is 5.85. The minimum Gasteiger partial charge on any atom is -0.379 e. The lowest BCUT2D eigenvalue weighted by atomic mass is 10.1. The van der Waals surface area contributed by atoms with Crippen LogP contribution in [0.2, 0.25) is 0 Å². The standard InChI is InChI=1S/C17H21N3/c1-17(2,3)19-13-10-16(20(4)11-13)15-9-12-7-5-6-8-14(12)18-15/h5-11,18-19H,1-4H3. The third kappa shape index (κ3) is 2.44. The van der Waals surface area contributed by atoms with Crippen LogP contribution in [0.25, 0.3) is 22.3 Å². The Hall–Kier alpha value is -2.16. The number of anilines is 1. The van der Waals surface area contributed by atoms with E-state index in [1.54, 1.807) is 0 Å². The molecule has 20 heavy (non-hydrogen) atoms. The third-order valence-electron chi connectivity index (χ3n) is 3.33. The molecule has 0 saturated carbocycles. The fraction of sp³-hybridized carbons (Fsp3) is 0.294. The predicted molar refractivity (Wildman–Crippen MR) is 86.1 cm³/mol. The monoisotopic (exact) mass is 267 g/mol. The molecule has 0 radical (unpaired) electrons. The molecule has 0 bridgehead atoms. The molecular weight excluding hydrogens is 246 g/mol. The first-order chi connectivity index (χ1) is 9.42. The van der Waals surface area contributed by atoms with Gasteiger partial charge in [0.15, 0.2) is 0 Å². The minimum atomic E-state index is 0.0685. The molecule has 1 aromatic carbocycles. The quantitative estimate of drug-likeness (QED) is 0.709. The van der Waals surface area contributed by atoms with Gasteiger partial charge in [0.25, 0.3) is 0 Å². The average Bonchev–Trinajstić information content (AvgIpc) is 2.90. The fourth-order valence-electron chi connectivity index (χ4n) is 2.55. The number of para-hydroxylation sites is 1. The van der Waals surface area contributed by atoms with E-state index in [-0.39, 0.29) is 5.54 Å². The predicted octanol–water partition coefficient (Wildman–Crippen LogP) is 4.38. The summed E-state index contributed by atoms with van der Waals surface area (Å²) in [5, 5.41) is 4.76. The highest BCUT2D eigenvalue weighted by Gasteiger charge is 2.13. The summed E-state index contributed by atoms with van der Waals surface area (Å²) < 4.78 is 2.15. The van der Waals surface area contributed by atoms with E-state index < -0.39 is 0 Å². The van der Waals surface area contributed by atoms with Gasteiger partial charge in [-0.15, -0.1) is 0 Å². The Balaban J connectivity index is 2.01. The topological polar surface area (TPSA) is 32.8 Å². The number of H-pyrrole nitrogens is 1. The molecule has 2 heterocycles. The normalized spacial score (nSPS) is 12.0. The number of benzene rings is 1. The van der Waals surface area contributed by atoms with Crippen LogP contribution in [0.1, 0.15) is 20.8 Å². The molecule has 0 aliphatic rings. The number of nitrogens with one attached hydrogen (secondary N) is 2. The molecule has 104 valence electrons. The van der Waals surface area contributed by atoms with Crippen LogP contribution in [0, 0.1) is 0 Å². The average molecular weight is 267 g/mol. The second kappa shape index (κ2) is 4.44. The van der Waals surface area contributed by atoms with Gasteiger partial charge in [0.05, 0.1) is 17.1 Å². The SMILES string of the molecule is Cn1cc(NC(C)(C)C)cc1-c1cc2ccccc2[nH]1. The van der Waals surface area contributed by atoms with E-state index in [1.165, 1.54) is 16.6 Å². The molecule has 0 unspecified atom stereocenters. The zero-order valence-electron chi connectivity index (χ0n) is 12.5. The van der Waals surface area contributed by atoms with Crippen molar-refractivity contribution in [3.8, 4) is 11.4 Å². The number of fused-ring (bicyclic) bond motifs is 1. The third-order valence-corrected chi connectivity index (χ3v) is 3.33. The van der Waals surface area contributed by atoms with Crippen LogP contribution in [0.5, 0.6) is 0 Å². The maximum atomic E-state index is 3.51. The molecule has 3 heteroatoms. The van der Waals surface area contributed by atoms with Crippen LogP contribution in [-0.4, -0.2) is 15.1 Å². The van der Waals surface area contributed by atoms with Gasteiger partial charge >= 0.3 is 0 Å². The van der Waals surface area contributed by atoms with Crippen molar-refractivity contribution in [3.05, 3.63) is 42.6 Å². The highest BCUT2D eigenvalue weighted by atomic mass is 15.0. The van der Waals surface area contributed by atoms with Crippen molar-refractivity contribution in [2.45, 2.75) is 26.3 Å². The summed E-state index contributed by atoms with van der Waals surface area (Å²) in [6.07, 6.45) is 2.13. The van der Waals surface area contributed by atoms with Crippen LogP contribution in [-0.2, 0) is 7.05 Å². The van der Waals surface area contributed by atoms with Crippen molar-refractivity contribution >= 4 is 16.6 Å². The lowest BCUT2D eigenvalue weighted by Gasteiger charge is -2.20. The molecule has 0 aliphatic heterocycles. The van der Waals surface area contributed by atoms with Crippen LogP contribution < -0.4 is 5.32 Å². The maximum absolute atomic E-state index is 3.51. The molecule has 2 N–H and O–H groups in total. The van der Waals surface area contributed by atoms with Gasteiger partial charge in [-0.1, -0.05) is 18.2 Å². The van der Waals surface area contributed by atoms with Crippen molar-refractivity contribution < 1.29 is 0 Å². The number of rotatable bonds is 2. The first-order valence-electron chi connectivity index (χ1n) is 6.95. The lowest BCUT2D eigenvalue weighted by molar-refractivity contribution is 0.634. The second-order valence-electron chi connectivity index (χ2n) is 6.37. The molecule has 0 spiro atoms. The van der Waals surface area contributed by atoms with Gasteiger partial charge in [0.1, 0.15) is 0 Å². The molecular formula is C17H21N3. The largest absolute Gasteiger partial charge is 0.379 e. The highest BCUT2D eigenvalue weighted by Crippen LogP contribution is 2.28. The van der Waals surface area contributed by atoms with Crippen molar-refractivity contribution in [1.29, 1.82) is 0 Å². The summed E-state index contributed by atoms with van der Waals surface area (Å²) in [7, 11) is 2.08. The van der Waals surface area contributed by atoms with Crippen LogP contribution >= 0.6 is 0 Å². The molecule has 0 atom stereocenters. The Morgan fingerprint density at radius 1 is 1.10 bits per heavy atom. The molecule has 0 amide bonds. The van der Waals surface area contributed by atoms with Gasteiger partial charge in [-0.25, -0.2) is 0 Å². The number of hydrogen-bond donors (Lipinski definition) is 2. The Morgan fingerprint density at radius 3 is 2.55 bits per heavy atom. The Bertz CT molecular complexity index is 708. The molecule has 0 aliphatic carbocycles. The summed E-state index contributed by atoms with van der Waals surface area (Å²) >= 11 is 0. The zero-order valence-corrected chi connectivity index (χ0v) is 12.5. The molecule has 0 fully saturated rings. The minimum absolute atomic E-state index is 0.0685. The van der Waals surface area contributed by atoms with E-state index in [0.29, 0.717) is 0 Å².